The van der Waals surface area contributed by atoms with Crippen molar-refractivity contribution in [1.29, 1.82) is 0 Å². The molecule has 1 aliphatic heterocycles. The van der Waals surface area contributed by atoms with Gasteiger partial charge in [-0.25, -0.2) is 16.8 Å². The number of benzene rings is 6. The van der Waals surface area contributed by atoms with E-state index in [-0.39, 0.29) is 17.0 Å². The van der Waals surface area contributed by atoms with Crippen molar-refractivity contribution in [2.75, 3.05) is 25.6 Å². The third kappa shape index (κ3) is 7.23. The molecule has 0 aromatic heterocycles. The summed E-state index contributed by atoms with van der Waals surface area (Å²) in [6, 6.07) is 36.7. The fourth-order valence-corrected chi connectivity index (χ4v) is 9.36. The third-order valence-electron chi connectivity index (χ3n) is 10.7. The molecule has 0 aliphatic carbocycles. The van der Waals surface area contributed by atoms with E-state index in [1.807, 2.05) is 24.3 Å². The molecule has 6 aromatic carbocycles. The molecular formula is C44H46BrNO4S2. The molecule has 0 saturated carbocycles. The maximum absolute atomic E-state index is 12.5. The molecule has 0 spiro atoms. The van der Waals surface area contributed by atoms with Crippen molar-refractivity contribution < 1.29 is 38.3 Å². The summed E-state index contributed by atoms with van der Waals surface area (Å²) in [6.07, 6.45) is 6.91. The highest BCUT2D eigenvalue weighted by Gasteiger charge is 2.37. The number of sulfone groups is 2. The normalized spacial score (nSPS) is 14.0. The lowest BCUT2D eigenvalue weighted by molar-refractivity contribution is -0.953. The molecule has 52 heavy (non-hydrogen) atoms. The van der Waals surface area contributed by atoms with Crippen LogP contribution in [0.5, 0.6) is 0 Å². The van der Waals surface area contributed by atoms with Crippen LogP contribution in [0.2, 0.25) is 0 Å². The first kappa shape index (κ1) is 37.9. The first-order valence-corrected chi connectivity index (χ1v) is 21.8. The van der Waals surface area contributed by atoms with Crippen molar-refractivity contribution in [3.63, 3.8) is 0 Å². The summed E-state index contributed by atoms with van der Waals surface area (Å²) < 4.78 is 50.8. The van der Waals surface area contributed by atoms with Crippen LogP contribution < -0.4 is 17.0 Å². The number of halogens is 1. The summed E-state index contributed by atoms with van der Waals surface area (Å²) in [6.45, 7) is 8.29. The standard InChI is InChI=1S/C44H46NO4S2.BrH/c1-5-7-25-45(26-8-6-2)29-41-39(31-17-21-35(22-18-31)50(3,46)47)27-33-13-9-11-15-37(33)43(41)44-38-16-12-10-14-34(38)28-40(42(44)30-45)32-19-23-36(24-20-32)51(4,48)49;/h9-24,27-28H,5-8,25-26,29-30H2,1-4H3;1H/q+1;/p-1. The highest BCUT2D eigenvalue weighted by atomic mass is 79.9. The van der Waals surface area contributed by atoms with Crippen LogP contribution in [0.1, 0.15) is 50.7 Å². The zero-order valence-electron chi connectivity index (χ0n) is 30.3. The van der Waals surface area contributed by atoms with Gasteiger partial charge in [0.1, 0.15) is 13.1 Å². The second kappa shape index (κ2) is 14.9. The Morgan fingerprint density at radius 1 is 0.538 bits per heavy atom. The Balaban J connectivity index is 0.00000464. The summed E-state index contributed by atoms with van der Waals surface area (Å²) in [7, 11) is -6.68. The van der Waals surface area contributed by atoms with Gasteiger partial charge in [-0.05, 0) is 93.0 Å². The number of hydrogen-bond donors (Lipinski definition) is 0. The van der Waals surface area contributed by atoms with Crippen molar-refractivity contribution in [3.05, 3.63) is 120 Å². The Morgan fingerprint density at radius 3 is 1.25 bits per heavy atom. The number of quaternary nitrogens is 1. The number of rotatable bonds is 10. The maximum Gasteiger partial charge on any atom is 0.175 e. The zero-order valence-corrected chi connectivity index (χ0v) is 33.5. The lowest BCUT2D eigenvalue weighted by Gasteiger charge is -2.39. The molecule has 0 amide bonds. The molecule has 0 atom stereocenters. The van der Waals surface area contributed by atoms with E-state index in [1.54, 1.807) is 24.3 Å². The monoisotopic (exact) mass is 795 g/mol. The van der Waals surface area contributed by atoms with Crippen LogP contribution in [-0.2, 0) is 32.8 Å². The van der Waals surface area contributed by atoms with Gasteiger partial charge in [0.05, 0.1) is 22.9 Å². The summed E-state index contributed by atoms with van der Waals surface area (Å²) in [5.74, 6) is 0. The molecule has 0 N–H and O–H groups in total. The molecule has 0 unspecified atom stereocenters. The van der Waals surface area contributed by atoms with E-state index >= 15 is 0 Å². The summed E-state index contributed by atoms with van der Waals surface area (Å²) >= 11 is 0. The van der Waals surface area contributed by atoms with E-state index in [4.69, 9.17) is 0 Å². The second-order valence-electron chi connectivity index (χ2n) is 14.4. The van der Waals surface area contributed by atoms with Crippen LogP contribution >= 0.6 is 0 Å². The van der Waals surface area contributed by atoms with Crippen LogP contribution in [-0.4, -0.2) is 46.9 Å². The lowest BCUT2D eigenvalue weighted by Crippen LogP contribution is -3.00. The van der Waals surface area contributed by atoms with Gasteiger partial charge in [-0.1, -0.05) is 99.5 Å². The lowest BCUT2D eigenvalue weighted by atomic mass is 9.82. The van der Waals surface area contributed by atoms with E-state index in [2.05, 4.69) is 74.5 Å². The first-order valence-electron chi connectivity index (χ1n) is 18.0. The predicted octanol–water partition coefficient (Wildman–Crippen LogP) is 7.24. The second-order valence-corrected chi connectivity index (χ2v) is 18.4. The van der Waals surface area contributed by atoms with Gasteiger partial charge in [0, 0.05) is 34.8 Å². The van der Waals surface area contributed by atoms with E-state index in [1.165, 1.54) is 45.5 Å². The predicted molar refractivity (Wildman–Crippen MR) is 211 cm³/mol. The van der Waals surface area contributed by atoms with Gasteiger partial charge >= 0.3 is 0 Å². The van der Waals surface area contributed by atoms with Crippen molar-refractivity contribution in [2.45, 2.75) is 62.4 Å². The Morgan fingerprint density at radius 2 is 0.904 bits per heavy atom. The molecule has 8 heteroatoms. The molecule has 1 heterocycles. The SMILES string of the molecule is CCCC[N+]1(CCCC)Cc2c(-c3ccc(S(C)(=O)=O)cc3)cc3ccccc3c2-c2c(c(-c3ccc(S(C)(=O)=O)cc3)cc3ccccc23)C1.[Br-]. The van der Waals surface area contributed by atoms with Gasteiger partial charge in [-0.15, -0.1) is 0 Å². The fourth-order valence-electron chi connectivity index (χ4n) is 8.10. The minimum absolute atomic E-state index is 0. The molecule has 6 aromatic rings. The van der Waals surface area contributed by atoms with Gasteiger partial charge in [0.2, 0.25) is 0 Å². The Bertz CT molecular complexity index is 2320. The summed E-state index contributed by atoms with van der Waals surface area (Å²) in [5.41, 5.74) is 9.36. The minimum Gasteiger partial charge on any atom is -1.00 e. The van der Waals surface area contributed by atoms with Crippen LogP contribution in [0.25, 0.3) is 54.9 Å². The quantitative estimate of drug-likeness (QED) is 0.137. The van der Waals surface area contributed by atoms with Crippen molar-refractivity contribution in [3.8, 4) is 33.4 Å². The molecular weight excluding hydrogens is 751 g/mol. The fraction of sp³-hybridized carbons (Fsp3) is 0.273. The van der Waals surface area contributed by atoms with E-state index < -0.39 is 19.7 Å². The largest absolute Gasteiger partial charge is 1.00 e. The highest BCUT2D eigenvalue weighted by molar-refractivity contribution is 7.91. The third-order valence-corrected chi connectivity index (χ3v) is 13.0. The van der Waals surface area contributed by atoms with Gasteiger partial charge in [0.15, 0.2) is 19.7 Å². The Hall–Kier alpha value is -3.82. The van der Waals surface area contributed by atoms with Gasteiger partial charge in [-0.3, -0.25) is 0 Å². The van der Waals surface area contributed by atoms with Crippen LogP contribution in [0.3, 0.4) is 0 Å². The molecule has 1 aliphatic rings. The molecule has 0 bridgehead atoms. The van der Waals surface area contributed by atoms with E-state index in [9.17, 15) is 16.8 Å². The number of hydrogen-bond acceptors (Lipinski definition) is 4. The van der Waals surface area contributed by atoms with Gasteiger partial charge in [0.25, 0.3) is 0 Å². The van der Waals surface area contributed by atoms with Gasteiger partial charge < -0.3 is 21.5 Å². The molecule has 7 rings (SSSR count). The number of nitrogens with zero attached hydrogens (tertiary/aromatic N) is 1. The van der Waals surface area contributed by atoms with Crippen LogP contribution in [0, 0.1) is 0 Å². The van der Waals surface area contributed by atoms with E-state index in [0.717, 1.165) is 89.4 Å². The van der Waals surface area contributed by atoms with Crippen molar-refractivity contribution >= 4 is 41.2 Å². The first-order chi connectivity index (χ1) is 24.4. The molecule has 270 valence electrons. The smallest absolute Gasteiger partial charge is 0.175 e. The molecule has 5 nitrogen and oxygen atoms in total. The van der Waals surface area contributed by atoms with Crippen LogP contribution in [0.15, 0.2) is 119 Å². The topological polar surface area (TPSA) is 68.3 Å². The molecule has 0 saturated heterocycles. The molecule has 0 radical (unpaired) electrons. The highest BCUT2D eigenvalue weighted by Crippen LogP contribution is 2.50. The number of fused-ring (bicyclic) bond motifs is 7. The average molecular weight is 797 g/mol. The van der Waals surface area contributed by atoms with Crippen LogP contribution in [0.4, 0.5) is 0 Å². The average Bonchev–Trinajstić information content (AvgIpc) is 3.27. The van der Waals surface area contributed by atoms with Crippen molar-refractivity contribution in [1.82, 2.24) is 0 Å². The van der Waals surface area contributed by atoms with E-state index in [0.29, 0.717) is 9.79 Å². The summed E-state index contributed by atoms with van der Waals surface area (Å²) in [5, 5.41) is 4.67. The summed E-state index contributed by atoms with van der Waals surface area (Å²) in [4.78, 5) is 0.633. The van der Waals surface area contributed by atoms with Crippen molar-refractivity contribution in [2.24, 2.45) is 0 Å². The zero-order chi connectivity index (χ0) is 36.0. The maximum atomic E-state index is 12.5. The Kier molecular flexibility index (Phi) is 10.9. The van der Waals surface area contributed by atoms with Gasteiger partial charge in [-0.2, -0.15) is 0 Å². The molecule has 0 fully saturated rings. The number of unbranched alkanes of at least 4 members (excludes halogenated alkanes) is 2. The Labute approximate surface area is 319 Å². The minimum atomic E-state index is -3.34.